The Morgan fingerprint density at radius 3 is 2.80 bits per heavy atom. The quantitative estimate of drug-likeness (QED) is 0.889. The van der Waals surface area contributed by atoms with Gasteiger partial charge in [-0.05, 0) is 17.7 Å². The lowest BCUT2D eigenvalue weighted by molar-refractivity contribution is -0.119. The van der Waals surface area contributed by atoms with E-state index >= 15 is 0 Å². The smallest absolute Gasteiger partial charge is 0.230 e. The van der Waals surface area contributed by atoms with Crippen molar-refractivity contribution in [2.24, 2.45) is 11.7 Å². The van der Waals surface area contributed by atoms with Crippen molar-refractivity contribution < 1.29 is 9.18 Å². The Labute approximate surface area is 120 Å². The van der Waals surface area contributed by atoms with Crippen LogP contribution in [0.1, 0.15) is 17.4 Å². The fraction of sp³-hybridized carbons (Fsp3) is 0.286. The van der Waals surface area contributed by atoms with Crippen LogP contribution in [0.2, 0.25) is 0 Å². The molecule has 3 N–H and O–H groups in total. The first kappa shape index (κ1) is 14.6. The monoisotopic (exact) mass is 293 g/mol. The van der Waals surface area contributed by atoms with Gasteiger partial charge in [-0.3, -0.25) is 4.79 Å². The second-order valence-corrected chi connectivity index (χ2v) is 5.68. The van der Waals surface area contributed by atoms with Gasteiger partial charge in [-0.2, -0.15) is 0 Å². The van der Waals surface area contributed by atoms with E-state index in [1.165, 1.54) is 23.5 Å². The number of halogens is 1. The number of nitrogens with one attached hydrogen (secondary N) is 1. The summed E-state index contributed by atoms with van der Waals surface area (Å²) in [5.41, 5.74) is 6.44. The molecule has 1 aromatic carbocycles. The normalized spacial score (nSPS) is 12.2. The summed E-state index contributed by atoms with van der Waals surface area (Å²) in [7, 11) is 0. The molecule has 6 heteroatoms. The molecule has 2 aromatic rings. The fourth-order valence-corrected chi connectivity index (χ4v) is 2.44. The Bertz CT molecular complexity index is 582. The molecule has 20 heavy (non-hydrogen) atoms. The Hall–Kier alpha value is -1.79. The minimum absolute atomic E-state index is 0.129. The van der Waals surface area contributed by atoms with Crippen molar-refractivity contribution in [3.8, 4) is 0 Å². The van der Waals surface area contributed by atoms with Crippen LogP contribution < -0.4 is 11.1 Å². The maximum Gasteiger partial charge on any atom is 0.230 e. The molecule has 1 unspecified atom stereocenters. The van der Waals surface area contributed by atoms with Gasteiger partial charge in [0.15, 0.2) is 5.13 Å². The second kappa shape index (κ2) is 6.58. The average molecular weight is 293 g/mol. The van der Waals surface area contributed by atoms with Crippen LogP contribution in [0.3, 0.4) is 0 Å². The number of nitrogens with two attached hydrogens (primary N) is 1. The Morgan fingerprint density at radius 1 is 1.45 bits per heavy atom. The molecule has 0 aliphatic heterocycles. The number of amides is 1. The van der Waals surface area contributed by atoms with Crippen LogP contribution in [0.5, 0.6) is 0 Å². The van der Waals surface area contributed by atoms with Gasteiger partial charge in [0.05, 0.1) is 0 Å². The fourth-order valence-electron chi connectivity index (χ4n) is 1.59. The van der Waals surface area contributed by atoms with Gasteiger partial charge in [0.1, 0.15) is 5.82 Å². The van der Waals surface area contributed by atoms with Crippen molar-refractivity contribution in [1.29, 1.82) is 0 Å². The second-order valence-electron chi connectivity index (χ2n) is 4.56. The van der Waals surface area contributed by atoms with Crippen LogP contribution in [0, 0.1) is 11.7 Å². The highest BCUT2D eigenvalue weighted by Gasteiger charge is 2.13. The summed E-state index contributed by atoms with van der Waals surface area (Å²) >= 11 is 1.41. The Kier molecular flexibility index (Phi) is 4.81. The predicted molar refractivity (Wildman–Crippen MR) is 78.2 cm³/mol. The summed E-state index contributed by atoms with van der Waals surface area (Å²) < 4.78 is 12.8. The number of hydrogen-bond acceptors (Lipinski definition) is 4. The van der Waals surface area contributed by atoms with Gasteiger partial charge < -0.3 is 11.1 Å². The maximum absolute atomic E-state index is 12.8. The van der Waals surface area contributed by atoms with E-state index in [4.69, 9.17) is 5.73 Å². The molecule has 0 saturated heterocycles. The molecular formula is C14H16FN3OS. The zero-order valence-electron chi connectivity index (χ0n) is 11.1. The first-order valence-electron chi connectivity index (χ1n) is 6.28. The molecule has 0 bridgehead atoms. The summed E-state index contributed by atoms with van der Waals surface area (Å²) in [5.74, 6) is -0.614. The lowest BCUT2D eigenvalue weighted by atomic mass is 10.1. The molecule has 0 aliphatic carbocycles. The minimum atomic E-state index is -0.248. The molecule has 1 atom stereocenters. The van der Waals surface area contributed by atoms with Crippen LogP contribution in [0.25, 0.3) is 0 Å². The van der Waals surface area contributed by atoms with Crippen LogP contribution in [-0.4, -0.2) is 17.4 Å². The largest absolute Gasteiger partial charge is 0.330 e. The zero-order valence-corrected chi connectivity index (χ0v) is 11.9. The van der Waals surface area contributed by atoms with Crippen molar-refractivity contribution in [3.05, 3.63) is 46.7 Å². The number of nitrogens with zero attached hydrogens (tertiary/aromatic N) is 1. The molecule has 1 aromatic heterocycles. The highest BCUT2D eigenvalue weighted by Crippen LogP contribution is 2.21. The predicted octanol–water partition coefficient (Wildman–Crippen LogP) is 2.41. The van der Waals surface area contributed by atoms with Gasteiger partial charge in [0, 0.05) is 30.0 Å². The molecule has 106 valence electrons. The van der Waals surface area contributed by atoms with Gasteiger partial charge in [-0.1, -0.05) is 19.1 Å². The summed E-state index contributed by atoms with van der Waals surface area (Å²) in [4.78, 5) is 16.8. The van der Waals surface area contributed by atoms with Crippen LogP contribution in [0.15, 0.2) is 30.5 Å². The van der Waals surface area contributed by atoms with Gasteiger partial charge in [-0.15, -0.1) is 11.3 Å². The highest BCUT2D eigenvalue weighted by molar-refractivity contribution is 7.15. The zero-order chi connectivity index (χ0) is 14.5. The van der Waals surface area contributed by atoms with E-state index in [2.05, 4.69) is 10.3 Å². The number of hydrogen-bond donors (Lipinski definition) is 2. The SMILES string of the molecule is CC(CN)C(=O)Nc1ncc(Cc2ccc(F)cc2)s1. The summed E-state index contributed by atoms with van der Waals surface area (Å²) in [5, 5.41) is 3.30. The molecule has 0 fully saturated rings. The number of aromatic nitrogens is 1. The topological polar surface area (TPSA) is 68.0 Å². The van der Waals surface area contributed by atoms with E-state index in [1.54, 1.807) is 25.3 Å². The third-order valence-corrected chi connectivity index (χ3v) is 3.79. The van der Waals surface area contributed by atoms with Crippen LogP contribution >= 0.6 is 11.3 Å². The van der Waals surface area contributed by atoms with E-state index in [1.807, 2.05) is 0 Å². The molecule has 2 rings (SSSR count). The van der Waals surface area contributed by atoms with E-state index in [9.17, 15) is 9.18 Å². The van der Waals surface area contributed by atoms with Crippen LogP contribution in [0.4, 0.5) is 9.52 Å². The highest BCUT2D eigenvalue weighted by atomic mass is 32.1. The van der Waals surface area contributed by atoms with Gasteiger partial charge >= 0.3 is 0 Å². The summed E-state index contributed by atoms with van der Waals surface area (Å²) in [6, 6.07) is 6.34. The molecule has 0 saturated carbocycles. The van der Waals surface area contributed by atoms with E-state index in [0.29, 0.717) is 18.1 Å². The number of carbonyl (C=O) groups is 1. The molecule has 1 amide bonds. The lowest BCUT2D eigenvalue weighted by Gasteiger charge is -2.06. The van der Waals surface area contributed by atoms with Crippen molar-refractivity contribution in [1.82, 2.24) is 4.98 Å². The average Bonchev–Trinajstić information content (AvgIpc) is 2.87. The van der Waals surface area contributed by atoms with Crippen molar-refractivity contribution in [2.45, 2.75) is 13.3 Å². The van der Waals surface area contributed by atoms with Gasteiger partial charge in [0.2, 0.25) is 5.91 Å². The van der Waals surface area contributed by atoms with Gasteiger partial charge in [-0.25, -0.2) is 9.37 Å². The van der Waals surface area contributed by atoms with E-state index < -0.39 is 0 Å². The van der Waals surface area contributed by atoms with Crippen molar-refractivity contribution in [3.63, 3.8) is 0 Å². The number of thiazole rings is 1. The lowest BCUT2D eigenvalue weighted by Crippen LogP contribution is -2.26. The summed E-state index contributed by atoms with van der Waals surface area (Å²) in [6.07, 6.45) is 2.39. The molecular weight excluding hydrogens is 277 g/mol. The molecule has 0 radical (unpaired) electrons. The summed E-state index contributed by atoms with van der Waals surface area (Å²) in [6.45, 7) is 2.07. The van der Waals surface area contributed by atoms with Gasteiger partial charge in [0.25, 0.3) is 0 Å². The molecule has 0 spiro atoms. The number of benzene rings is 1. The number of anilines is 1. The Balaban J connectivity index is 1.98. The van der Waals surface area contributed by atoms with E-state index in [-0.39, 0.29) is 17.6 Å². The molecule has 0 aliphatic rings. The Morgan fingerprint density at radius 2 is 2.15 bits per heavy atom. The number of rotatable bonds is 5. The number of carbonyl (C=O) groups excluding carboxylic acids is 1. The molecule has 1 heterocycles. The molecule has 4 nitrogen and oxygen atoms in total. The minimum Gasteiger partial charge on any atom is -0.330 e. The van der Waals surface area contributed by atoms with E-state index in [0.717, 1.165) is 10.4 Å². The third kappa shape index (κ3) is 3.85. The van der Waals surface area contributed by atoms with Crippen molar-refractivity contribution >= 4 is 22.4 Å². The van der Waals surface area contributed by atoms with Crippen molar-refractivity contribution in [2.75, 3.05) is 11.9 Å². The first-order valence-corrected chi connectivity index (χ1v) is 7.10. The standard InChI is InChI=1S/C14H16FN3OS/c1-9(7-16)13(19)18-14-17-8-12(20-14)6-10-2-4-11(15)5-3-10/h2-5,8-9H,6-7,16H2,1H3,(H,17,18,19). The first-order chi connectivity index (χ1) is 9.58. The maximum atomic E-state index is 12.8. The third-order valence-electron chi connectivity index (χ3n) is 2.88. The van der Waals surface area contributed by atoms with Crippen LogP contribution in [-0.2, 0) is 11.2 Å².